The third kappa shape index (κ3) is 3.03. The maximum atomic E-state index is 13.4. The zero-order valence-electron chi connectivity index (χ0n) is 12.2. The quantitative estimate of drug-likeness (QED) is 0.465. The molecule has 0 radical (unpaired) electrons. The molecule has 0 fully saturated rings. The second-order valence-corrected chi connectivity index (χ2v) is 6.25. The van der Waals surface area contributed by atoms with Gasteiger partial charge in [-0.05, 0) is 36.8 Å². The van der Waals surface area contributed by atoms with E-state index in [4.69, 9.17) is 0 Å². The Morgan fingerprint density at radius 1 is 1.26 bits per heavy atom. The SMILES string of the molecule is Cc1ccc(C=C2CSc3ccc(F)cc3C2=O)cc1[N+](=O)[O-]. The fourth-order valence-corrected chi connectivity index (χ4v) is 3.42. The Hall–Kier alpha value is -2.47. The van der Waals surface area contributed by atoms with Crippen molar-refractivity contribution in [2.24, 2.45) is 0 Å². The number of hydrogen-bond acceptors (Lipinski definition) is 4. The molecule has 4 nitrogen and oxygen atoms in total. The Labute approximate surface area is 136 Å². The number of Topliss-reactive ketones (excluding diaryl/α,β-unsaturated/α-hetero) is 1. The molecule has 1 aliphatic heterocycles. The first kappa shape index (κ1) is 15.4. The van der Waals surface area contributed by atoms with E-state index in [-0.39, 0.29) is 11.5 Å². The zero-order chi connectivity index (χ0) is 16.6. The third-order valence-electron chi connectivity index (χ3n) is 3.63. The van der Waals surface area contributed by atoms with Crippen LogP contribution in [-0.4, -0.2) is 16.5 Å². The van der Waals surface area contributed by atoms with E-state index in [1.807, 2.05) is 0 Å². The van der Waals surface area contributed by atoms with Crippen LogP contribution >= 0.6 is 11.8 Å². The molecular formula is C17H12FNO3S. The lowest BCUT2D eigenvalue weighted by Gasteiger charge is -2.17. The summed E-state index contributed by atoms with van der Waals surface area (Å²) in [4.78, 5) is 23.8. The average molecular weight is 329 g/mol. The first-order chi connectivity index (χ1) is 11.0. The van der Waals surface area contributed by atoms with Crippen LogP contribution in [0.15, 0.2) is 46.9 Å². The van der Waals surface area contributed by atoms with E-state index in [2.05, 4.69) is 0 Å². The van der Waals surface area contributed by atoms with Crippen LogP contribution in [0.4, 0.5) is 10.1 Å². The van der Waals surface area contributed by atoms with Crippen molar-refractivity contribution in [3.63, 3.8) is 0 Å². The van der Waals surface area contributed by atoms with Gasteiger partial charge in [0, 0.05) is 33.4 Å². The molecule has 6 heteroatoms. The van der Waals surface area contributed by atoms with Crippen LogP contribution in [0.2, 0.25) is 0 Å². The summed E-state index contributed by atoms with van der Waals surface area (Å²) < 4.78 is 13.4. The van der Waals surface area contributed by atoms with Gasteiger partial charge in [0.15, 0.2) is 5.78 Å². The van der Waals surface area contributed by atoms with Crippen LogP contribution < -0.4 is 0 Å². The van der Waals surface area contributed by atoms with Crippen LogP contribution in [0.3, 0.4) is 0 Å². The lowest BCUT2D eigenvalue weighted by molar-refractivity contribution is -0.385. The molecule has 0 atom stereocenters. The van der Waals surface area contributed by atoms with Crippen molar-refractivity contribution in [2.45, 2.75) is 11.8 Å². The Kier molecular flexibility index (Phi) is 4.00. The van der Waals surface area contributed by atoms with Gasteiger partial charge in [-0.15, -0.1) is 11.8 Å². The van der Waals surface area contributed by atoms with Gasteiger partial charge in [-0.1, -0.05) is 12.1 Å². The number of carbonyl (C=O) groups excluding carboxylic acids is 1. The van der Waals surface area contributed by atoms with E-state index in [9.17, 15) is 19.3 Å². The number of nitro benzene ring substituents is 1. The fraction of sp³-hybridized carbons (Fsp3) is 0.118. The van der Waals surface area contributed by atoms with E-state index in [1.165, 1.54) is 30.0 Å². The van der Waals surface area contributed by atoms with Gasteiger partial charge in [-0.2, -0.15) is 0 Å². The molecule has 1 heterocycles. The minimum absolute atomic E-state index is 0.0155. The van der Waals surface area contributed by atoms with E-state index in [1.54, 1.807) is 31.2 Å². The van der Waals surface area contributed by atoms with Crippen LogP contribution in [0.5, 0.6) is 0 Å². The van der Waals surface area contributed by atoms with Gasteiger partial charge in [0.2, 0.25) is 0 Å². The van der Waals surface area contributed by atoms with Crippen molar-refractivity contribution in [1.29, 1.82) is 0 Å². The van der Waals surface area contributed by atoms with Gasteiger partial charge in [0.05, 0.1) is 4.92 Å². The highest BCUT2D eigenvalue weighted by Gasteiger charge is 2.23. The molecule has 0 saturated carbocycles. The fourth-order valence-electron chi connectivity index (χ4n) is 2.42. The topological polar surface area (TPSA) is 60.2 Å². The number of nitrogens with zero attached hydrogens (tertiary/aromatic N) is 1. The Balaban J connectivity index is 2.00. The van der Waals surface area contributed by atoms with Crippen molar-refractivity contribution in [2.75, 3.05) is 5.75 Å². The monoisotopic (exact) mass is 329 g/mol. The summed E-state index contributed by atoms with van der Waals surface area (Å²) in [5.74, 6) is -0.231. The standard InChI is InChI=1S/C17H12FNO3S/c1-10-2-3-11(7-15(10)19(21)22)6-12-9-23-16-5-4-13(18)8-14(16)17(12)20/h2-8H,9H2,1H3. The number of carbonyl (C=O) groups is 1. The summed E-state index contributed by atoms with van der Waals surface area (Å²) in [6, 6.07) is 8.99. The molecule has 116 valence electrons. The molecule has 0 aromatic heterocycles. The molecule has 3 rings (SSSR count). The number of aryl methyl sites for hydroxylation is 1. The number of ketones is 1. The maximum Gasteiger partial charge on any atom is 0.272 e. The second kappa shape index (κ2) is 5.96. The van der Waals surface area contributed by atoms with Gasteiger partial charge in [0.25, 0.3) is 5.69 Å². The predicted octanol–water partition coefficient (Wildman–Crippen LogP) is 4.41. The number of fused-ring (bicyclic) bond motifs is 1. The molecule has 23 heavy (non-hydrogen) atoms. The molecule has 0 spiro atoms. The number of hydrogen-bond donors (Lipinski definition) is 0. The van der Waals surface area contributed by atoms with Crippen molar-refractivity contribution >= 4 is 29.3 Å². The molecule has 0 saturated heterocycles. The normalized spacial score (nSPS) is 15.6. The first-order valence-corrected chi connectivity index (χ1v) is 7.87. The average Bonchev–Trinajstić information content (AvgIpc) is 2.52. The molecule has 0 amide bonds. The van der Waals surface area contributed by atoms with E-state index in [0.717, 1.165) is 4.90 Å². The summed E-state index contributed by atoms with van der Waals surface area (Å²) in [5, 5.41) is 11.0. The molecular weight excluding hydrogens is 317 g/mol. The number of nitro groups is 1. The molecule has 0 N–H and O–H groups in total. The predicted molar refractivity (Wildman–Crippen MR) is 87.3 cm³/mol. The summed E-state index contributed by atoms with van der Waals surface area (Å²) >= 11 is 1.45. The number of thioether (sulfide) groups is 1. The largest absolute Gasteiger partial charge is 0.289 e. The van der Waals surface area contributed by atoms with Gasteiger partial charge < -0.3 is 0 Å². The van der Waals surface area contributed by atoms with Gasteiger partial charge >= 0.3 is 0 Å². The number of benzene rings is 2. The highest BCUT2D eigenvalue weighted by Crippen LogP contribution is 2.34. The number of rotatable bonds is 2. The Morgan fingerprint density at radius 2 is 2.04 bits per heavy atom. The summed E-state index contributed by atoms with van der Waals surface area (Å²) in [7, 11) is 0. The molecule has 1 aliphatic rings. The van der Waals surface area contributed by atoms with Crippen LogP contribution in [0.1, 0.15) is 21.5 Å². The maximum absolute atomic E-state index is 13.4. The minimum atomic E-state index is -0.454. The molecule has 2 aromatic carbocycles. The van der Waals surface area contributed by atoms with Gasteiger partial charge in [-0.3, -0.25) is 14.9 Å². The van der Waals surface area contributed by atoms with E-state index in [0.29, 0.717) is 28.0 Å². The first-order valence-electron chi connectivity index (χ1n) is 6.88. The second-order valence-electron chi connectivity index (χ2n) is 5.23. The van der Waals surface area contributed by atoms with Crippen molar-refractivity contribution in [1.82, 2.24) is 0 Å². The molecule has 2 aromatic rings. The van der Waals surface area contributed by atoms with Crippen molar-refractivity contribution in [3.8, 4) is 0 Å². The lowest BCUT2D eigenvalue weighted by Crippen LogP contribution is -2.12. The van der Waals surface area contributed by atoms with Gasteiger partial charge in [-0.25, -0.2) is 4.39 Å². The highest BCUT2D eigenvalue weighted by molar-refractivity contribution is 7.99. The zero-order valence-corrected chi connectivity index (χ0v) is 13.0. The third-order valence-corrected chi connectivity index (χ3v) is 4.75. The van der Waals surface area contributed by atoms with Crippen molar-refractivity contribution in [3.05, 3.63) is 74.6 Å². The number of halogens is 1. The van der Waals surface area contributed by atoms with Gasteiger partial charge in [0.1, 0.15) is 5.82 Å². The summed E-state index contributed by atoms with van der Waals surface area (Å²) in [5.41, 5.74) is 2.02. The molecule has 0 aliphatic carbocycles. The Morgan fingerprint density at radius 3 is 2.78 bits per heavy atom. The lowest BCUT2D eigenvalue weighted by atomic mass is 10.0. The Bertz CT molecular complexity index is 861. The summed E-state index contributed by atoms with van der Waals surface area (Å²) in [6.07, 6.45) is 1.63. The van der Waals surface area contributed by atoms with Crippen LogP contribution in [0.25, 0.3) is 6.08 Å². The molecule has 0 unspecified atom stereocenters. The van der Waals surface area contributed by atoms with Crippen LogP contribution in [0, 0.1) is 22.9 Å². The van der Waals surface area contributed by atoms with E-state index >= 15 is 0 Å². The summed E-state index contributed by atoms with van der Waals surface area (Å²) in [6.45, 7) is 1.66. The van der Waals surface area contributed by atoms with Crippen molar-refractivity contribution < 1.29 is 14.1 Å². The smallest absolute Gasteiger partial charge is 0.272 e. The van der Waals surface area contributed by atoms with Crippen LogP contribution in [-0.2, 0) is 0 Å². The van der Waals surface area contributed by atoms with E-state index < -0.39 is 10.7 Å². The highest BCUT2D eigenvalue weighted by atomic mass is 32.2. The molecule has 0 bridgehead atoms. The minimum Gasteiger partial charge on any atom is -0.289 e.